The Morgan fingerprint density at radius 2 is 1.73 bits per heavy atom. The summed E-state index contributed by atoms with van der Waals surface area (Å²) in [5.41, 5.74) is 3.46. The lowest BCUT2D eigenvalue weighted by atomic mass is 9.98. The summed E-state index contributed by atoms with van der Waals surface area (Å²) in [4.78, 5) is 28.0. The van der Waals surface area contributed by atoms with Crippen LogP contribution in [0.4, 0.5) is 11.4 Å². The number of amides is 1. The molecule has 4 aromatic rings. The maximum Gasteiger partial charge on any atom is 0.316 e. The minimum absolute atomic E-state index is 0.000191. The number of hydrogen-bond acceptors (Lipinski definition) is 6. The van der Waals surface area contributed by atoms with Gasteiger partial charge >= 0.3 is 5.97 Å². The van der Waals surface area contributed by atoms with Crippen LogP contribution < -0.4 is 15.0 Å². The number of fused-ring (bicyclic) bond motifs is 2. The quantitative estimate of drug-likeness (QED) is 0.242. The van der Waals surface area contributed by atoms with E-state index in [4.69, 9.17) is 4.74 Å². The first-order chi connectivity index (χ1) is 19.6. The van der Waals surface area contributed by atoms with Crippen LogP contribution in [0.5, 0.6) is 5.75 Å². The van der Waals surface area contributed by atoms with Crippen molar-refractivity contribution in [1.82, 2.24) is 0 Å². The van der Waals surface area contributed by atoms with E-state index in [1.165, 1.54) is 6.07 Å². The molecule has 2 heterocycles. The SMILES string of the molecule is Cc1cc(OC(=O)[C@H]2CC(=O)N(c3ccc4ccccc4c3)C2)c(C(C)C)cc1NC1=NS(=O)(=O)c2ccccc21. The van der Waals surface area contributed by atoms with E-state index in [-0.39, 0.29) is 35.5 Å². The highest BCUT2D eigenvalue weighted by Gasteiger charge is 2.37. The van der Waals surface area contributed by atoms with Crippen molar-refractivity contribution in [1.29, 1.82) is 0 Å². The van der Waals surface area contributed by atoms with Gasteiger partial charge in [-0.15, -0.1) is 4.40 Å². The fourth-order valence-electron chi connectivity index (χ4n) is 5.35. The number of aryl methyl sites for hydroxylation is 1. The number of esters is 1. The Bertz CT molecular complexity index is 1860. The minimum atomic E-state index is -3.76. The Morgan fingerprint density at radius 3 is 2.51 bits per heavy atom. The predicted octanol–water partition coefficient (Wildman–Crippen LogP) is 5.79. The lowest BCUT2D eigenvalue weighted by molar-refractivity contribution is -0.139. The first-order valence-electron chi connectivity index (χ1n) is 13.5. The molecule has 1 atom stereocenters. The van der Waals surface area contributed by atoms with Crippen LogP contribution in [0.1, 0.15) is 42.9 Å². The molecule has 2 aliphatic rings. The standard InChI is InChI=1S/C32H29N3O5S/c1-19(2)26-17-27(33-31-25-10-6-7-11-29(25)41(38,39)34-31)20(3)14-28(26)40-32(37)23-16-30(36)35(18-23)24-13-12-21-8-4-5-9-22(21)15-24/h4-15,17,19,23H,16,18H2,1-3H3,(H,33,34)/t23-/m0/s1. The van der Waals surface area contributed by atoms with Crippen LogP contribution in [0.3, 0.4) is 0 Å². The Hall–Kier alpha value is -4.50. The predicted molar refractivity (Wildman–Crippen MR) is 159 cm³/mol. The van der Waals surface area contributed by atoms with Gasteiger partial charge in [0.25, 0.3) is 10.0 Å². The Labute approximate surface area is 238 Å². The molecule has 1 amide bonds. The van der Waals surface area contributed by atoms with Crippen LogP contribution >= 0.6 is 0 Å². The van der Waals surface area contributed by atoms with Crippen molar-refractivity contribution in [2.24, 2.45) is 10.3 Å². The van der Waals surface area contributed by atoms with Gasteiger partial charge < -0.3 is 15.0 Å². The number of sulfonamides is 1. The van der Waals surface area contributed by atoms with Gasteiger partial charge in [0.05, 0.1) is 5.92 Å². The number of nitrogens with one attached hydrogen (secondary N) is 1. The summed E-state index contributed by atoms with van der Waals surface area (Å²) in [7, 11) is -3.76. The van der Waals surface area contributed by atoms with E-state index in [1.807, 2.05) is 69.3 Å². The van der Waals surface area contributed by atoms with Gasteiger partial charge in [-0.25, -0.2) is 0 Å². The van der Waals surface area contributed by atoms with Crippen LogP contribution in [-0.2, 0) is 19.6 Å². The minimum Gasteiger partial charge on any atom is -0.426 e. The molecule has 208 valence electrons. The molecule has 0 aromatic heterocycles. The van der Waals surface area contributed by atoms with Crippen molar-refractivity contribution in [3.8, 4) is 5.75 Å². The Kier molecular flexibility index (Phi) is 6.62. The molecule has 9 heteroatoms. The van der Waals surface area contributed by atoms with E-state index in [0.29, 0.717) is 17.0 Å². The number of hydrogen-bond donors (Lipinski definition) is 1. The monoisotopic (exact) mass is 567 g/mol. The fraction of sp³-hybridized carbons (Fsp3) is 0.219. The van der Waals surface area contributed by atoms with Crippen molar-refractivity contribution < 1.29 is 22.7 Å². The van der Waals surface area contributed by atoms with E-state index in [9.17, 15) is 18.0 Å². The third-order valence-electron chi connectivity index (χ3n) is 7.58. The molecule has 0 radical (unpaired) electrons. The number of benzene rings is 4. The number of rotatable bonds is 5. The normalized spacial score (nSPS) is 17.6. The van der Waals surface area contributed by atoms with E-state index in [0.717, 1.165) is 27.6 Å². The van der Waals surface area contributed by atoms with Gasteiger partial charge in [0.15, 0.2) is 5.84 Å². The lowest BCUT2D eigenvalue weighted by Crippen LogP contribution is -2.27. The van der Waals surface area contributed by atoms with Crippen molar-refractivity contribution in [2.75, 3.05) is 16.8 Å². The van der Waals surface area contributed by atoms with Crippen LogP contribution in [0, 0.1) is 12.8 Å². The molecule has 0 spiro atoms. The highest BCUT2D eigenvalue weighted by atomic mass is 32.2. The summed E-state index contributed by atoms with van der Waals surface area (Å²) in [5, 5.41) is 5.28. The molecule has 41 heavy (non-hydrogen) atoms. The molecular weight excluding hydrogens is 538 g/mol. The van der Waals surface area contributed by atoms with E-state index < -0.39 is 21.9 Å². The summed E-state index contributed by atoms with van der Waals surface area (Å²) in [6.45, 7) is 6.07. The van der Waals surface area contributed by atoms with Gasteiger partial charge in [0.1, 0.15) is 10.6 Å². The number of ether oxygens (including phenoxy) is 1. The highest BCUT2D eigenvalue weighted by molar-refractivity contribution is 7.90. The van der Waals surface area contributed by atoms with Gasteiger partial charge in [-0.05, 0) is 71.1 Å². The molecule has 8 nitrogen and oxygen atoms in total. The number of anilines is 2. The number of carbonyl (C=O) groups excluding carboxylic acids is 2. The van der Waals surface area contributed by atoms with Crippen molar-refractivity contribution in [3.63, 3.8) is 0 Å². The average molecular weight is 568 g/mol. The number of carbonyl (C=O) groups is 2. The van der Waals surface area contributed by atoms with Crippen LogP contribution in [-0.4, -0.2) is 32.7 Å². The second kappa shape index (κ2) is 10.2. The molecule has 0 unspecified atom stereocenters. The van der Waals surface area contributed by atoms with Gasteiger partial charge in [-0.3, -0.25) is 9.59 Å². The van der Waals surface area contributed by atoms with Crippen molar-refractivity contribution in [3.05, 3.63) is 95.6 Å². The zero-order valence-corrected chi connectivity index (χ0v) is 23.7. The molecular formula is C32H29N3O5S. The number of nitrogens with zero attached hydrogens (tertiary/aromatic N) is 2. The van der Waals surface area contributed by atoms with E-state index >= 15 is 0 Å². The fourth-order valence-corrected chi connectivity index (χ4v) is 6.52. The third-order valence-corrected chi connectivity index (χ3v) is 8.91. The third kappa shape index (κ3) is 4.97. The van der Waals surface area contributed by atoms with Crippen molar-refractivity contribution >= 4 is 49.9 Å². The molecule has 1 fully saturated rings. The van der Waals surface area contributed by atoms with Gasteiger partial charge in [-0.2, -0.15) is 8.42 Å². The Morgan fingerprint density at radius 1 is 1.00 bits per heavy atom. The molecule has 1 saturated heterocycles. The lowest BCUT2D eigenvalue weighted by Gasteiger charge is -2.19. The average Bonchev–Trinajstić information content (AvgIpc) is 3.46. The zero-order chi connectivity index (χ0) is 28.9. The Balaban J connectivity index is 1.22. The topological polar surface area (TPSA) is 105 Å². The largest absolute Gasteiger partial charge is 0.426 e. The molecule has 6 rings (SSSR count). The first kappa shape index (κ1) is 26.7. The van der Waals surface area contributed by atoms with Gasteiger partial charge in [0.2, 0.25) is 5.91 Å². The first-order valence-corrected chi connectivity index (χ1v) is 14.9. The molecule has 1 N–H and O–H groups in total. The molecule has 4 aromatic carbocycles. The molecule has 0 saturated carbocycles. The number of amidine groups is 1. The van der Waals surface area contributed by atoms with E-state index in [1.54, 1.807) is 29.2 Å². The summed E-state index contributed by atoms with van der Waals surface area (Å²) in [6, 6.07) is 24.1. The summed E-state index contributed by atoms with van der Waals surface area (Å²) in [5.74, 6) is -0.493. The maximum absolute atomic E-state index is 13.3. The molecule has 0 bridgehead atoms. The summed E-state index contributed by atoms with van der Waals surface area (Å²) in [6.07, 6.45) is 0.0784. The van der Waals surface area contributed by atoms with Crippen LogP contribution in [0.2, 0.25) is 0 Å². The smallest absolute Gasteiger partial charge is 0.316 e. The van der Waals surface area contributed by atoms with Gasteiger partial charge in [0, 0.05) is 29.9 Å². The van der Waals surface area contributed by atoms with Crippen LogP contribution in [0.15, 0.2) is 88.2 Å². The molecule has 0 aliphatic carbocycles. The van der Waals surface area contributed by atoms with E-state index in [2.05, 4.69) is 9.71 Å². The van der Waals surface area contributed by atoms with Gasteiger partial charge in [-0.1, -0.05) is 56.3 Å². The second-order valence-electron chi connectivity index (χ2n) is 10.8. The molecule has 2 aliphatic heterocycles. The summed E-state index contributed by atoms with van der Waals surface area (Å²) >= 11 is 0. The van der Waals surface area contributed by atoms with Crippen LogP contribution in [0.25, 0.3) is 10.8 Å². The van der Waals surface area contributed by atoms with Crippen molar-refractivity contribution in [2.45, 2.75) is 38.0 Å². The zero-order valence-electron chi connectivity index (χ0n) is 22.9. The summed E-state index contributed by atoms with van der Waals surface area (Å²) < 4.78 is 34.8. The second-order valence-corrected chi connectivity index (χ2v) is 12.3. The maximum atomic E-state index is 13.3. The highest BCUT2D eigenvalue weighted by Crippen LogP contribution is 2.36.